The Bertz CT molecular complexity index is 1080. The van der Waals surface area contributed by atoms with Crippen LogP contribution in [0.15, 0.2) is 54.7 Å². The van der Waals surface area contributed by atoms with Crippen molar-refractivity contribution < 1.29 is 23.8 Å². The average molecular weight is 495 g/mol. The lowest BCUT2D eigenvalue weighted by Crippen LogP contribution is -2.46. The number of hydrazine groups is 1. The maximum atomic E-state index is 13.3. The van der Waals surface area contributed by atoms with E-state index in [0.717, 1.165) is 37.9 Å². The minimum Gasteiger partial charge on any atom is -0.493 e. The van der Waals surface area contributed by atoms with Crippen molar-refractivity contribution in [3.8, 4) is 11.5 Å². The van der Waals surface area contributed by atoms with E-state index in [0.29, 0.717) is 29.4 Å². The maximum Gasteiger partial charge on any atom is 0.414 e. The summed E-state index contributed by atoms with van der Waals surface area (Å²) >= 11 is 0. The third-order valence-electron chi connectivity index (χ3n) is 6.47. The number of benzene rings is 2. The molecule has 2 amide bonds. The number of ether oxygens (including phenoxy) is 3. The zero-order valence-electron chi connectivity index (χ0n) is 21.0. The molecule has 4 rings (SSSR count). The molecule has 9 heteroatoms. The lowest BCUT2D eigenvalue weighted by atomic mass is 10.0. The molecule has 1 saturated heterocycles. The number of carbonyl (C=O) groups is 2. The number of carbonyl (C=O) groups excluding carboxylic acids is 2. The molecule has 2 aromatic carbocycles. The Morgan fingerprint density at radius 2 is 1.81 bits per heavy atom. The van der Waals surface area contributed by atoms with Gasteiger partial charge in [-0.3, -0.25) is 9.69 Å². The predicted octanol–water partition coefficient (Wildman–Crippen LogP) is 4.02. The summed E-state index contributed by atoms with van der Waals surface area (Å²) in [5.41, 5.74) is 5.52. The van der Waals surface area contributed by atoms with Gasteiger partial charge in [-0.25, -0.2) is 15.2 Å². The average Bonchev–Trinajstić information content (AvgIpc) is 2.94. The van der Waals surface area contributed by atoms with E-state index < -0.39 is 6.09 Å². The monoisotopic (exact) mass is 494 g/mol. The van der Waals surface area contributed by atoms with Crippen molar-refractivity contribution in [3.05, 3.63) is 65.9 Å². The fourth-order valence-electron chi connectivity index (χ4n) is 4.61. The van der Waals surface area contributed by atoms with Crippen molar-refractivity contribution in [2.45, 2.75) is 38.3 Å². The minimum absolute atomic E-state index is 0.0544. The molecule has 2 aliphatic heterocycles. The normalized spacial score (nSPS) is 18.0. The van der Waals surface area contributed by atoms with E-state index in [1.54, 1.807) is 42.5 Å². The van der Waals surface area contributed by atoms with Crippen LogP contribution in [0.1, 0.15) is 48.1 Å². The Labute approximate surface area is 212 Å². The van der Waals surface area contributed by atoms with Crippen LogP contribution in [-0.2, 0) is 4.74 Å². The highest BCUT2D eigenvalue weighted by atomic mass is 16.5. The summed E-state index contributed by atoms with van der Waals surface area (Å²) in [5.74, 6) is 1.16. The second-order valence-corrected chi connectivity index (χ2v) is 8.69. The molecule has 0 aliphatic carbocycles. The lowest BCUT2D eigenvalue weighted by Gasteiger charge is -2.33. The molecule has 1 atom stereocenters. The van der Waals surface area contributed by atoms with Crippen LogP contribution in [0, 0.1) is 0 Å². The number of hydrogen-bond donors (Lipinski definition) is 2. The smallest absolute Gasteiger partial charge is 0.414 e. The standard InChI is InChI=1S/C27H34N4O5/c1-4-36-25-18-20(9-12-24(25)34-2)23-6-5-17-30(29-23)26(32)19-7-10-21(11-8-19)31(27(33)35-3)22-13-15-28-16-14-22/h5,7-12,17-18,22-23,28-29H,4,6,13-16H2,1-3H3. The number of piperidine rings is 1. The van der Waals surface area contributed by atoms with Crippen LogP contribution in [0.4, 0.5) is 10.5 Å². The zero-order chi connectivity index (χ0) is 25.5. The Kier molecular flexibility index (Phi) is 8.45. The van der Waals surface area contributed by atoms with Crippen molar-refractivity contribution in [1.29, 1.82) is 0 Å². The van der Waals surface area contributed by atoms with E-state index in [-0.39, 0.29) is 18.0 Å². The zero-order valence-corrected chi connectivity index (χ0v) is 21.0. The van der Waals surface area contributed by atoms with Crippen LogP contribution in [0.2, 0.25) is 0 Å². The maximum absolute atomic E-state index is 13.3. The van der Waals surface area contributed by atoms with Gasteiger partial charge in [0.05, 0.1) is 26.9 Å². The summed E-state index contributed by atoms with van der Waals surface area (Å²) in [6.45, 7) is 4.16. The van der Waals surface area contributed by atoms with Gasteiger partial charge in [0.15, 0.2) is 11.5 Å². The quantitative estimate of drug-likeness (QED) is 0.601. The molecule has 2 N–H and O–H groups in total. The number of nitrogens with one attached hydrogen (secondary N) is 2. The van der Waals surface area contributed by atoms with Gasteiger partial charge in [-0.15, -0.1) is 0 Å². The minimum atomic E-state index is -0.393. The molecular formula is C27H34N4O5. The van der Waals surface area contributed by atoms with Crippen molar-refractivity contribution in [3.63, 3.8) is 0 Å². The third-order valence-corrected chi connectivity index (χ3v) is 6.47. The van der Waals surface area contributed by atoms with Crippen molar-refractivity contribution in [2.24, 2.45) is 0 Å². The molecule has 0 spiro atoms. The number of rotatable bonds is 7. The van der Waals surface area contributed by atoms with Gasteiger partial charge in [-0.05, 0) is 81.2 Å². The summed E-state index contributed by atoms with van der Waals surface area (Å²) in [7, 11) is 3.00. The molecular weight excluding hydrogens is 460 g/mol. The molecule has 2 heterocycles. The second kappa shape index (κ2) is 11.9. The lowest BCUT2D eigenvalue weighted by molar-refractivity contribution is 0.0713. The predicted molar refractivity (Wildman–Crippen MR) is 137 cm³/mol. The van der Waals surface area contributed by atoms with E-state index >= 15 is 0 Å². The summed E-state index contributed by atoms with van der Waals surface area (Å²) in [5, 5.41) is 4.81. The third kappa shape index (κ3) is 5.63. The molecule has 0 aromatic heterocycles. The first-order valence-corrected chi connectivity index (χ1v) is 12.3. The first-order valence-electron chi connectivity index (χ1n) is 12.3. The van der Waals surface area contributed by atoms with Gasteiger partial charge in [0.1, 0.15) is 0 Å². The molecule has 192 valence electrons. The number of nitrogens with zero attached hydrogens (tertiary/aromatic N) is 2. The van der Waals surface area contributed by atoms with Crippen molar-refractivity contribution in [2.75, 3.05) is 38.8 Å². The van der Waals surface area contributed by atoms with Gasteiger partial charge in [0, 0.05) is 23.5 Å². The fraction of sp³-hybridized carbons (Fsp3) is 0.407. The number of methoxy groups -OCH3 is 2. The van der Waals surface area contributed by atoms with Crippen LogP contribution in [0.3, 0.4) is 0 Å². The summed E-state index contributed by atoms with van der Waals surface area (Å²) in [4.78, 5) is 27.5. The van der Waals surface area contributed by atoms with Crippen LogP contribution >= 0.6 is 0 Å². The summed E-state index contributed by atoms with van der Waals surface area (Å²) in [6.07, 6.45) is 5.73. The Hall–Kier alpha value is -3.56. The van der Waals surface area contributed by atoms with Crippen molar-refractivity contribution >= 4 is 17.7 Å². The van der Waals surface area contributed by atoms with E-state index in [2.05, 4.69) is 10.7 Å². The van der Waals surface area contributed by atoms with E-state index in [4.69, 9.17) is 14.2 Å². The van der Waals surface area contributed by atoms with Gasteiger partial charge in [-0.2, -0.15) is 0 Å². The van der Waals surface area contributed by atoms with E-state index in [1.165, 1.54) is 12.1 Å². The Morgan fingerprint density at radius 3 is 2.47 bits per heavy atom. The fourth-order valence-corrected chi connectivity index (χ4v) is 4.61. The van der Waals surface area contributed by atoms with Gasteiger partial charge in [-0.1, -0.05) is 12.1 Å². The first-order chi connectivity index (χ1) is 17.5. The highest BCUT2D eigenvalue weighted by Crippen LogP contribution is 2.32. The number of anilines is 1. The molecule has 2 aliphatic rings. The van der Waals surface area contributed by atoms with Crippen LogP contribution in [0.25, 0.3) is 0 Å². The molecule has 0 saturated carbocycles. The highest BCUT2D eigenvalue weighted by Gasteiger charge is 2.28. The van der Waals surface area contributed by atoms with Gasteiger partial charge in [0.2, 0.25) is 0 Å². The molecule has 0 bridgehead atoms. The van der Waals surface area contributed by atoms with Crippen molar-refractivity contribution in [1.82, 2.24) is 15.8 Å². The van der Waals surface area contributed by atoms with Crippen LogP contribution < -0.4 is 25.1 Å². The Morgan fingerprint density at radius 1 is 1.06 bits per heavy atom. The van der Waals surface area contributed by atoms with Crippen LogP contribution in [0.5, 0.6) is 11.5 Å². The second-order valence-electron chi connectivity index (χ2n) is 8.69. The number of amides is 2. The summed E-state index contributed by atoms with van der Waals surface area (Å²) < 4.78 is 16.1. The SMILES string of the molecule is CCOc1cc(C2CC=CN(C(=O)c3ccc(N(C(=O)OC)C4CCNCC4)cc3)N2)ccc1OC. The van der Waals surface area contributed by atoms with Crippen LogP contribution in [-0.4, -0.2) is 57.0 Å². The van der Waals surface area contributed by atoms with Gasteiger partial charge < -0.3 is 19.5 Å². The number of hydrogen-bond acceptors (Lipinski definition) is 7. The first kappa shape index (κ1) is 25.5. The molecule has 0 radical (unpaired) electrons. The van der Waals surface area contributed by atoms with Gasteiger partial charge in [0.25, 0.3) is 5.91 Å². The van der Waals surface area contributed by atoms with E-state index in [9.17, 15) is 9.59 Å². The van der Waals surface area contributed by atoms with Gasteiger partial charge >= 0.3 is 6.09 Å². The molecule has 2 aromatic rings. The molecule has 1 unspecified atom stereocenters. The Balaban J connectivity index is 1.48. The summed E-state index contributed by atoms with van der Waals surface area (Å²) in [6, 6.07) is 12.8. The topological polar surface area (TPSA) is 92.4 Å². The van der Waals surface area contributed by atoms with E-state index in [1.807, 2.05) is 31.2 Å². The molecule has 36 heavy (non-hydrogen) atoms. The molecule has 1 fully saturated rings. The highest BCUT2D eigenvalue weighted by molar-refractivity contribution is 5.96. The largest absolute Gasteiger partial charge is 0.493 e. The molecule has 9 nitrogen and oxygen atoms in total.